The van der Waals surface area contributed by atoms with E-state index in [4.69, 9.17) is 11.6 Å². The highest BCUT2D eigenvalue weighted by Gasteiger charge is 2.21. The summed E-state index contributed by atoms with van der Waals surface area (Å²) in [6, 6.07) is 9.92. The summed E-state index contributed by atoms with van der Waals surface area (Å²) in [4.78, 5) is 27.1. The smallest absolute Gasteiger partial charge is 0.245 e. The van der Waals surface area contributed by atoms with Gasteiger partial charge in [-0.3, -0.25) is 9.78 Å². The van der Waals surface area contributed by atoms with Gasteiger partial charge in [0.25, 0.3) is 0 Å². The second-order valence-electron chi connectivity index (χ2n) is 7.95. The average Bonchev–Trinajstić information content (AvgIpc) is 2.80. The van der Waals surface area contributed by atoms with Gasteiger partial charge in [-0.15, -0.1) is 0 Å². The lowest BCUT2D eigenvalue weighted by atomic mass is 9.90. The van der Waals surface area contributed by atoms with Gasteiger partial charge in [0.05, 0.1) is 0 Å². The molecule has 4 rings (SSSR count). The van der Waals surface area contributed by atoms with Gasteiger partial charge in [-0.25, -0.2) is 9.97 Å². The highest BCUT2D eigenvalue weighted by atomic mass is 35.5. The van der Waals surface area contributed by atoms with Gasteiger partial charge in [0.15, 0.2) is 0 Å². The molecule has 0 atom stereocenters. The van der Waals surface area contributed by atoms with Crippen LogP contribution in [0.15, 0.2) is 67.8 Å². The Bertz CT molecular complexity index is 1060. The van der Waals surface area contributed by atoms with Crippen molar-refractivity contribution >= 4 is 17.5 Å². The number of hydrogen-bond acceptors (Lipinski definition) is 4. The highest BCUT2D eigenvalue weighted by Crippen LogP contribution is 2.24. The Hall–Kier alpha value is -3.05. The largest absolute Gasteiger partial charge is 0.339 e. The van der Waals surface area contributed by atoms with Crippen LogP contribution in [-0.2, 0) is 17.6 Å². The zero-order valence-corrected chi connectivity index (χ0v) is 18.1. The molecule has 5 nitrogen and oxygen atoms in total. The highest BCUT2D eigenvalue weighted by molar-refractivity contribution is 6.30. The summed E-state index contributed by atoms with van der Waals surface area (Å²) in [5, 5.41) is 0.718. The van der Waals surface area contributed by atoms with Gasteiger partial charge in [-0.1, -0.05) is 30.3 Å². The molecule has 0 unspecified atom stereocenters. The first-order valence-electron chi connectivity index (χ1n) is 10.5. The molecule has 1 saturated heterocycles. The van der Waals surface area contributed by atoms with Crippen molar-refractivity contribution in [2.45, 2.75) is 25.7 Å². The molecule has 1 amide bonds. The molecule has 0 N–H and O–H groups in total. The number of nitrogens with zero attached hydrogens (tertiary/aromatic N) is 4. The molecule has 6 heteroatoms. The van der Waals surface area contributed by atoms with E-state index in [1.807, 2.05) is 54.0 Å². The summed E-state index contributed by atoms with van der Waals surface area (Å²) in [7, 11) is 0. The molecule has 2 aromatic heterocycles. The van der Waals surface area contributed by atoms with Gasteiger partial charge in [-0.05, 0) is 60.6 Å². The normalized spacial score (nSPS) is 14.4. The van der Waals surface area contributed by atoms with E-state index in [2.05, 4.69) is 27.6 Å². The molecule has 3 aromatic rings. The van der Waals surface area contributed by atoms with Crippen LogP contribution in [0.1, 0.15) is 29.8 Å². The van der Waals surface area contributed by atoms with Crippen molar-refractivity contribution in [3.05, 3.63) is 89.7 Å². The van der Waals surface area contributed by atoms with Crippen LogP contribution in [0.3, 0.4) is 0 Å². The van der Waals surface area contributed by atoms with Crippen LogP contribution >= 0.6 is 11.6 Å². The van der Waals surface area contributed by atoms with Crippen LogP contribution in [-0.4, -0.2) is 38.8 Å². The van der Waals surface area contributed by atoms with E-state index in [1.165, 1.54) is 11.6 Å². The molecule has 1 aromatic carbocycles. The van der Waals surface area contributed by atoms with Crippen LogP contribution in [0, 0.1) is 5.92 Å². The SMILES string of the molecule is C=CC(=O)N1CCC(Cc2cncc(-c3cnc(Cc4cccc(Cl)c4)nc3)c2)CC1. The van der Waals surface area contributed by atoms with Gasteiger partial charge in [-0.2, -0.15) is 0 Å². The monoisotopic (exact) mass is 432 g/mol. The molecule has 1 aliphatic rings. The summed E-state index contributed by atoms with van der Waals surface area (Å²) in [6.07, 6.45) is 12.5. The molecule has 1 fully saturated rings. The Kier molecular flexibility index (Phi) is 6.73. The zero-order chi connectivity index (χ0) is 21.6. The molecule has 0 radical (unpaired) electrons. The minimum Gasteiger partial charge on any atom is -0.339 e. The van der Waals surface area contributed by atoms with Crippen molar-refractivity contribution in [2.75, 3.05) is 13.1 Å². The van der Waals surface area contributed by atoms with Crippen molar-refractivity contribution in [1.29, 1.82) is 0 Å². The number of rotatable bonds is 6. The molecule has 0 spiro atoms. The van der Waals surface area contributed by atoms with E-state index in [1.54, 1.807) is 0 Å². The Morgan fingerprint density at radius 3 is 2.55 bits per heavy atom. The van der Waals surface area contributed by atoms with Crippen LogP contribution in [0.2, 0.25) is 5.02 Å². The molecular formula is C25H25ClN4O. The minimum atomic E-state index is 0.0286. The van der Waals surface area contributed by atoms with Crippen LogP contribution in [0.5, 0.6) is 0 Å². The van der Waals surface area contributed by atoms with E-state index < -0.39 is 0 Å². The molecule has 0 saturated carbocycles. The standard InChI is InChI=1S/C25H25ClN4O/c1-2-25(31)30-8-6-18(7-9-30)10-20-11-21(15-27-14-20)22-16-28-24(29-17-22)13-19-4-3-5-23(26)12-19/h2-5,11-12,14-18H,1,6-10,13H2. The first-order valence-corrected chi connectivity index (χ1v) is 10.9. The minimum absolute atomic E-state index is 0.0286. The first-order chi connectivity index (χ1) is 15.1. The van der Waals surface area contributed by atoms with E-state index in [-0.39, 0.29) is 5.91 Å². The lowest BCUT2D eigenvalue weighted by Gasteiger charge is -2.31. The Labute approximate surface area is 187 Å². The quantitative estimate of drug-likeness (QED) is 0.527. The fourth-order valence-electron chi connectivity index (χ4n) is 4.00. The number of aromatic nitrogens is 3. The van der Waals surface area contributed by atoms with Crippen molar-refractivity contribution in [2.24, 2.45) is 5.92 Å². The molecule has 158 valence electrons. The number of piperidine rings is 1. The maximum absolute atomic E-state index is 11.8. The Morgan fingerprint density at radius 2 is 1.84 bits per heavy atom. The molecule has 31 heavy (non-hydrogen) atoms. The number of benzene rings is 1. The van der Waals surface area contributed by atoms with Gasteiger partial charge < -0.3 is 4.90 Å². The maximum atomic E-state index is 11.8. The predicted octanol–water partition coefficient (Wildman–Crippen LogP) is 4.75. The Morgan fingerprint density at radius 1 is 1.06 bits per heavy atom. The van der Waals surface area contributed by atoms with Crippen molar-refractivity contribution in [3.8, 4) is 11.1 Å². The lowest BCUT2D eigenvalue weighted by Crippen LogP contribution is -2.37. The fourth-order valence-corrected chi connectivity index (χ4v) is 4.21. The number of hydrogen-bond donors (Lipinski definition) is 0. The summed E-state index contributed by atoms with van der Waals surface area (Å²) in [5.74, 6) is 1.35. The molecule has 0 bridgehead atoms. The first kappa shape index (κ1) is 21.2. The average molecular weight is 433 g/mol. The van der Waals surface area contributed by atoms with E-state index in [0.29, 0.717) is 12.3 Å². The van der Waals surface area contributed by atoms with Crippen molar-refractivity contribution in [3.63, 3.8) is 0 Å². The van der Waals surface area contributed by atoms with Crippen molar-refractivity contribution in [1.82, 2.24) is 19.9 Å². The third kappa shape index (κ3) is 5.56. The molecule has 0 aliphatic carbocycles. The second kappa shape index (κ2) is 9.84. The van der Waals surface area contributed by atoms with E-state index >= 15 is 0 Å². The summed E-state index contributed by atoms with van der Waals surface area (Å²) >= 11 is 6.06. The molecule has 1 aliphatic heterocycles. The lowest BCUT2D eigenvalue weighted by molar-refractivity contribution is -0.127. The van der Waals surface area contributed by atoms with E-state index in [9.17, 15) is 4.79 Å². The number of carbonyl (C=O) groups is 1. The van der Waals surface area contributed by atoms with Crippen LogP contribution in [0.25, 0.3) is 11.1 Å². The van der Waals surface area contributed by atoms with Gasteiger partial charge in [0.2, 0.25) is 5.91 Å². The number of likely N-dealkylation sites (tertiary alicyclic amines) is 1. The third-order valence-electron chi connectivity index (χ3n) is 5.71. The van der Waals surface area contributed by atoms with Gasteiger partial charge >= 0.3 is 0 Å². The molecule has 3 heterocycles. The van der Waals surface area contributed by atoms with Crippen LogP contribution in [0.4, 0.5) is 0 Å². The Balaban J connectivity index is 1.39. The maximum Gasteiger partial charge on any atom is 0.245 e. The summed E-state index contributed by atoms with van der Waals surface area (Å²) in [5.41, 5.74) is 4.26. The predicted molar refractivity (Wildman–Crippen MR) is 123 cm³/mol. The van der Waals surface area contributed by atoms with Gasteiger partial charge in [0.1, 0.15) is 5.82 Å². The fraction of sp³-hybridized carbons (Fsp3) is 0.280. The second-order valence-corrected chi connectivity index (χ2v) is 8.39. The number of pyridine rings is 1. The molecular weight excluding hydrogens is 408 g/mol. The van der Waals surface area contributed by atoms with Crippen molar-refractivity contribution < 1.29 is 4.79 Å². The topological polar surface area (TPSA) is 59.0 Å². The number of halogens is 1. The third-order valence-corrected chi connectivity index (χ3v) is 5.95. The number of carbonyl (C=O) groups excluding carboxylic acids is 1. The van der Waals surface area contributed by atoms with Crippen LogP contribution < -0.4 is 0 Å². The zero-order valence-electron chi connectivity index (χ0n) is 17.4. The summed E-state index contributed by atoms with van der Waals surface area (Å²) in [6.45, 7) is 5.17. The van der Waals surface area contributed by atoms with E-state index in [0.717, 1.165) is 59.9 Å². The summed E-state index contributed by atoms with van der Waals surface area (Å²) < 4.78 is 0. The van der Waals surface area contributed by atoms with Gasteiger partial charge in [0, 0.05) is 60.4 Å². The number of amides is 1.